The average Bonchev–Trinajstić information content (AvgIpc) is 2.83. The number of nitrogens with one attached hydrogen (secondary N) is 1. The van der Waals surface area contributed by atoms with Crippen molar-refractivity contribution in [1.82, 2.24) is 0 Å². The van der Waals surface area contributed by atoms with Crippen LogP contribution in [0.4, 0.5) is 20.4 Å². The van der Waals surface area contributed by atoms with Crippen LogP contribution in [0.3, 0.4) is 0 Å². The highest BCUT2D eigenvalue weighted by Crippen LogP contribution is 2.35. The van der Waals surface area contributed by atoms with Crippen LogP contribution in [0.15, 0.2) is 45.6 Å². The number of rotatable bonds is 5. The van der Waals surface area contributed by atoms with Crippen molar-refractivity contribution < 1.29 is 22.7 Å². The molecule has 1 aromatic heterocycles. The molecule has 7 nitrogen and oxygen atoms in total. The van der Waals surface area contributed by atoms with Gasteiger partial charge in [-0.05, 0) is 58.4 Å². The maximum atomic E-state index is 13.8. The number of alkyl halides is 2. The van der Waals surface area contributed by atoms with Gasteiger partial charge >= 0.3 is 5.97 Å². The smallest absolute Gasteiger partial charge is 0.340 e. The number of hydrogen-bond donors (Lipinski definition) is 1. The SMILES string of the molecule is Cc1cc([C@@H](C)Nc2ccccc2C(=O)OC(C)(C)C)c2oc(N3CCC(F)(F)CC3)c(C#N)c(=O)c2c1. The summed E-state index contributed by atoms with van der Waals surface area (Å²) in [7, 11) is 0. The van der Waals surface area contributed by atoms with Crippen LogP contribution >= 0.6 is 0 Å². The zero-order chi connectivity index (χ0) is 27.8. The van der Waals surface area contributed by atoms with Crippen LogP contribution in [0.1, 0.15) is 73.6 Å². The van der Waals surface area contributed by atoms with Gasteiger partial charge in [0.15, 0.2) is 5.56 Å². The maximum Gasteiger partial charge on any atom is 0.340 e. The summed E-state index contributed by atoms with van der Waals surface area (Å²) in [5, 5.41) is 13.3. The Kier molecular flexibility index (Phi) is 7.20. The minimum Gasteiger partial charge on any atom is -0.456 e. The summed E-state index contributed by atoms with van der Waals surface area (Å²) < 4.78 is 39.3. The monoisotopic (exact) mass is 523 g/mol. The molecule has 0 unspecified atom stereocenters. The number of nitriles is 1. The first kappa shape index (κ1) is 27.1. The maximum absolute atomic E-state index is 13.8. The minimum absolute atomic E-state index is 0.00644. The fourth-order valence-electron chi connectivity index (χ4n) is 4.57. The van der Waals surface area contributed by atoms with E-state index in [1.165, 1.54) is 4.90 Å². The van der Waals surface area contributed by atoms with Crippen LogP contribution in [-0.2, 0) is 4.74 Å². The van der Waals surface area contributed by atoms with Crippen LogP contribution in [0.2, 0.25) is 0 Å². The number of aryl methyl sites for hydroxylation is 1. The predicted molar refractivity (Wildman–Crippen MR) is 142 cm³/mol. The fraction of sp³-hybridized carbons (Fsp3) is 0.414. The normalized spacial score (nSPS) is 16.1. The quantitative estimate of drug-likeness (QED) is 0.390. The van der Waals surface area contributed by atoms with Crippen molar-refractivity contribution in [2.45, 2.75) is 65.0 Å². The molecule has 1 N–H and O–H groups in total. The van der Waals surface area contributed by atoms with Crippen LogP contribution in [0.5, 0.6) is 0 Å². The van der Waals surface area contributed by atoms with Crippen molar-refractivity contribution in [2.75, 3.05) is 23.3 Å². The molecule has 1 saturated heterocycles. The Morgan fingerprint density at radius 2 is 1.87 bits per heavy atom. The number of carbonyl (C=O) groups excluding carboxylic acids is 1. The second-order valence-electron chi connectivity index (χ2n) is 10.7. The molecule has 1 atom stereocenters. The highest BCUT2D eigenvalue weighted by Gasteiger charge is 2.36. The topological polar surface area (TPSA) is 95.6 Å². The number of hydrogen-bond acceptors (Lipinski definition) is 7. The first-order chi connectivity index (χ1) is 17.8. The Morgan fingerprint density at radius 3 is 2.50 bits per heavy atom. The number of esters is 1. The minimum atomic E-state index is -2.79. The summed E-state index contributed by atoms with van der Waals surface area (Å²) in [5.41, 5.74) is 1.20. The largest absolute Gasteiger partial charge is 0.456 e. The molecule has 2 aromatic carbocycles. The van der Waals surface area contributed by atoms with Gasteiger partial charge < -0.3 is 19.4 Å². The molecule has 3 aromatic rings. The number of halogens is 2. The Morgan fingerprint density at radius 1 is 1.21 bits per heavy atom. The number of ether oxygens (including phenoxy) is 1. The van der Waals surface area contributed by atoms with Gasteiger partial charge in [-0.2, -0.15) is 5.26 Å². The second kappa shape index (κ2) is 10.1. The van der Waals surface area contributed by atoms with Gasteiger partial charge in [0.2, 0.25) is 11.3 Å². The van der Waals surface area contributed by atoms with E-state index in [1.807, 2.05) is 26.0 Å². The van der Waals surface area contributed by atoms with E-state index in [-0.39, 0.29) is 48.3 Å². The van der Waals surface area contributed by atoms with Gasteiger partial charge in [-0.1, -0.05) is 18.2 Å². The molecule has 1 aliphatic rings. The highest BCUT2D eigenvalue weighted by molar-refractivity contribution is 5.96. The zero-order valence-electron chi connectivity index (χ0n) is 22.2. The van der Waals surface area contributed by atoms with Gasteiger partial charge in [-0.3, -0.25) is 4.79 Å². The van der Waals surface area contributed by atoms with Gasteiger partial charge in [0.1, 0.15) is 17.3 Å². The molecule has 4 rings (SSSR count). The average molecular weight is 524 g/mol. The molecule has 1 fully saturated rings. The van der Waals surface area contributed by atoms with E-state index in [1.54, 1.807) is 51.1 Å². The number of nitrogens with zero attached hydrogens (tertiary/aromatic N) is 2. The predicted octanol–water partition coefficient (Wildman–Crippen LogP) is 6.34. The lowest BCUT2D eigenvalue weighted by atomic mass is 9.99. The number of piperidine rings is 1. The third-order valence-corrected chi connectivity index (χ3v) is 6.42. The first-order valence-corrected chi connectivity index (χ1v) is 12.5. The standard InChI is InChI=1S/C29H31F2N3O4/c1-17-14-20(18(2)33-23-9-7-6-8-19(23)27(36)38-28(3,4)5)25-21(15-17)24(35)22(16-32)26(37-25)34-12-10-29(30,31)11-13-34/h6-9,14-15,18,33H,10-13H2,1-5H3/t18-/m1/s1. The molecule has 2 heterocycles. The van der Waals surface area contributed by atoms with E-state index in [2.05, 4.69) is 5.32 Å². The molecule has 1 aliphatic heterocycles. The van der Waals surface area contributed by atoms with Crippen molar-refractivity contribution in [3.05, 3.63) is 68.9 Å². The van der Waals surface area contributed by atoms with Crippen molar-refractivity contribution in [1.29, 1.82) is 5.26 Å². The summed E-state index contributed by atoms with van der Waals surface area (Å²) in [4.78, 5) is 27.7. The van der Waals surface area contributed by atoms with E-state index < -0.39 is 29.0 Å². The van der Waals surface area contributed by atoms with Crippen LogP contribution < -0.4 is 15.6 Å². The number of para-hydroxylation sites is 1. The highest BCUT2D eigenvalue weighted by atomic mass is 19.3. The third-order valence-electron chi connectivity index (χ3n) is 6.42. The number of carbonyl (C=O) groups is 1. The molecular weight excluding hydrogens is 492 g/mol. The first-order valence-electron chi connectivity index (χ1n) is 12.5. The van der Waals surface area contributed by atoms with Crippen molar-refractivity contribution in [3.8, 4) is 6.07 Å². The number of fused-ring (bicyclic) bond motifs is 1. The van der Waals surface area contributed by atoms with Crippen molar-refractivity contribution >= 4 is 28.5 Å². The Labute approximate surface area is 220 Å². The summed E-state index contributed by atoms with van der Waals surface area (Å²) >= 11 is 0. The van der Waals surface area contributed by atoms with Crippen molar-refractivity contribution in [3.63, 3.8) is 0 Å². The van der Waals surface area contributed by atoms with E-state index in [4.69, 9.17) is 9.15 Å². The van der Waals surface area contributed by atoms with E-state index >= 15 is 0 Å². The Bertz CT molecular complexity index is 1470. The molecule has 0 radical (unpaired) electrons. The van der Waals surface area contributed by atoms with Gasteiger partial charge in [-0.15, -0.1) is 0 Å². The molecule has 200 valence electrons. The second-order valence-corrected chi connectivity index (χ2v) is 10.7. The Balaban J connectivity index is 1.78. The van der Waals surface area contributed by atoms with E-state index in [0.29, 0.717) is 16.8 Å². The van der Waals surface area contributed by atoms with Gasteiger partial charge in [-0.25, -0.2) is 13.6 Å². The van der Waals surface area contributed by atoms with Crippen molar-refractivity contribution in [2.24, 2.45) is 0 Å². The summed E-state index contributed by atoms with van der Waals surface area (Å²) in [5.74, 6) is -3.26. The molecule has 0 amide bonds. The summed E-state index contributed by atoms with van der Waals surface area (Å²) in [6.07, 6.45) is -0.778. The van der Waals surface area contributed by atoms with Crippen LogP contribution in [0.25, 0.3) is 11.0 Å². The molecule has 0 aliphatic carbocycles. The zero-order valence-corrected chi connectivity index (χ0v) is 22.2. The molecule has 0 spiro atoms. The lowest BCUT2D eigenvalue weighted by Crippen LogP contribution is -2.40. The van der Waals surface area contributed by atoms with Crippen LogP contribution in [-0.4, -0.2) is 30.6 Å². The molecular formula is C29H31F2N3O4. The molecule has 0 saturated carbocycles. The van der Waals surface area contributed by atoms with Gasteiger partial charge in [0.05, 0.1) is 17.0 Å². The molecule has 0 bridgehead atoms. The summed E-state index contributed by atoms with van der Waals surface area (Å²) in [6.45, 7) is 9.00. The fourth-order valence-corrected chi connectivity index (χ4v) is 4.57. The lowest BCUT2D eigenvalue weighted by molar-refractivity contribution is -0.0225. The molecule has 9 heteroatoms. The number of benzene rings is 2. The van der Waals surface area contributed by atoms with Gasteiger partial charge in [0, 0.05) is 37.2 Å². The molecule has 38 heavy (non-hydrogen) atoms. The summed E-state index contributed by atoms with van der Waals surface area (Å²) in [6, 6.07) is 12.0. The third kappa shape index (κ3) is 5.64. The van der Waals surface area contributed by atoms with E-state index in [9.17, 15) is 23.6 Å². The number of anilines is 2. The lowest BCUT2D eigenvalue weighted by Gasteiger charge is -2.32. The van der Waals surface area contributed by atoms with Crippen LogP contribution in [0, 0.1) is 18.3 Å². The van der Waals surface area contributed by atoms with Gasteiger partial charge in [0.25, 0.3) is 5.92 Å². The van der Waals surface area contributed by atoms with E-state index in [0.717, 1.165) is 5.56 Å². The Hall–Kier alpha value is -3.93.